The van der Waals surface area contributed by atoms with E-state index in [-0.39, 0.29) is 31.0 Å². The lowest BCUT2D eigenvalue weighted by Crippen LogP contribution is -2.48. The number of aryl methyl sites for hydroxylation is 1. The van der Waals surface area contributed by atoms with Gasteiger partial charge < -0.3 is 4.74 Å². The zero-order valence-corrected chi connectivity index (χ0v) is 12.1. The molecule has 1 N–H and O–H groups in total. The molecule has 1 aliphatic heterocycles. The van der Waals surface area contributed by atoms with Crippen LogP contribution < -0.4 is 4.72 Å². The molecule has 118 valence electrons. The minimum atomic E-state index is -4.35. The van der Waals surface area contributed by atoms with Gasteiger partial charge >= 0.3 is 11.8 Å². The van der Waals surface area contributed by atoms with Crippen molar-refractivity contribution in [2.75, 3.05) is 13.2 Å². The van der Waals surface area contributed by atoms with Crippen molar-refractivity contribution < 1.29 is 26.7 Å². The van der Waals surface area contributed by atoms with Crippen LogP contribution in [0, 0.1) is 5.92 Å². The first kappa shape index (κ1) is 15.8. The summed E-state index contributed by atoms with van der Waals surface area (Å²) >= 11 is 0. The van der Waals surface area contributed by atoms with Crippen molar-refractivity contribution >= 4 is 15.9 Å². The summed E-state index contributed by atoms with van der Waals surface area (Å²) in [4.78, 5) is 11.3. The Morgan fingerprint density at radius 1 is 1.48 bits per heavy atom. The van der Waals surface area contributed by atoms with Crippen LogP contribution in [0.25, 0.3) is 0 Å². The number of nitrogens with zero attached hydrogens (tertiary/aromatic N) is 2. The summed E-state index contributed by atoms with van der Waals surface area (Å²) in [5.41, 5.74) is 0. The fraction of sp³-hybridized carbons (Fsp3) is 0.636. The van der Waals surface area contributed by atoms with E-state index in [1.54, 1.807) is 0 Å². The first-order chi connectivity index (χ1) is 9.73. The van der Waals surface area contributed by atoms with E-state index in [1.165, 1.54) is 16.5 Å². The molecule has 1 fully saturated rings. The molecule has 2 heterocycles. The summed E-state index contributed by atoms with van der Waals surface area (Å²) in [6.45, 7) is 0.256. The second-order valence-electron chi connectivity index (χ2n) is 4.79. The third-order valence-electron chi connectivity index (χ3n) is 3.26. The van der Waals surface area contributed by atoms with E-state index in [4.69, 9.17) is 4.74 Å². The van der Waals surface area contributed by atoms with E-state index in [0.717, 1.165) is 12.4 Å². The molecule has 1 amide bonds. The van der Waals surface area contributed by atoms with Crippen LogP contribution in [0.15, 0.2) is 17.3 Å². The standard InChI is InChI=1S/C11H15F2N3O4S/c1-16-7-9(6-14-16)21(18,19)15-10(17)11(12,13)8-2-4-20-5-3-8/h6-8H,2-5H2,1H3,(H,15,17). The number of hydrogen-bond donors (Lipinski definition) is 1. The molecule has 0 spiro atoms. The van der Waals surface area contributed by atoms with Gasteiger partial charge in [-0.1, -0.05) is 0 Å². The predicted octanol–water partition coefficient (Wildman–Crippen LogP) is 0.287. The highest BCUT2D eigenvalue weighted by atomic mass is 32.2. The van der Waals surface area contributed by atoms with Crippen LogP contribution in [0.5, 0.6) is 0 Å². The molecule has 0 unspecified atom stereocenters. The monoisotopic (exact) mass is 323 g/mol. The van der Waals surface area contributed by atoms with Crippen LogP contribution in [0.4, 0.5) is 8.78 Å². The molecule has 0 aromatic carbocycles. The summed E-state index contributed by atoms with van der Waals surface area (Å²) in [6.07, 6.45) is 2.10. The van der Waals surface area contributed by atoms with Gasteiger partial charge in [0, 0.05) is 32.4 Å². The van der Waals surface area contributed by atoms with Gasteiger partial charge in [0.1, 0.15) is 4.90 Å². The Morgan fingerprint density at radius 3 is 2.62 bits per heavy atom. The maximum absolute atomic E-state index is 14.0. The smallest absolute Gasteiger partial charge is 0.328 e. The molecular weight excluding hydrogens is 308 g/mol. The Labute approximate surface area is 120 Å². The Hall–Kier alpha value is -1.55. The summed E-state index contributed by atoms with van der Waals surface area (Å²) in [6, 6.07) is 0. The fourth-order valence-electron chi connectivity index (χ4n) is 2.03. The molecule has 7 nitrogen and oxygen atoms in total. The van der Waals surface area contributed by atoms with Crippen molar-refractivity contribution in [2.24, 2.45) is 13.0 Å². The molecule has 0 saturated carbocycles. The average Bonchev–Trinajstić information content (AvgIpc) is 2.87. The van der Waals surface area contributed by atoms with Gasteiger partial charge in [0.2, 0.25) is 0 Å². The topological polar surface area (TPSA) is 90.3 Å². The van der Waals surface area contributed by atoms with Crippen LogP contribution in [0.1, 0.15) is 12.8 Å². The van der Waals surface area contributed by atoms with Gasteiger partial charge in [0.25, 0.3) is 10.0 Å². The number of hydrogen-bond acceptors (Lipinski definition) is 5. The molecular formula is C11H15F2N3O4S. The maximum atomic E-state index is 14.0. The molecule has 2 rings (SSSR count). The zero-order valence-electron chi connectivity index (χ0n) is 11.3. The number of ether oxygens (including phenoxy) is 1. The van der Waals surface area contributed by atoms with Crippen molar-refractivity contribution in [3.8, 4) is 0 Å². The lowest BCUT2D eigenvalue weighted by Gasteiger charge is -2.28. The third kappa shape index (κ3) is 3.38. The van der Waals surface area contributed by atoms with E-state index in [2.05, 4.69) is 5.10 Å². The van der Waals surface area contributed by atoms with Gasteiger partial charge in [0.05, 0.1) is 6.20 Å². The molecule has 10 heteroatoms. The number of carbonyl (C=O) groups excluding carboxylic acids is 1. The highest BCUT2D eigenvalue weighted by molar-refractivity contribution is 7.90. The van der Waals surface area contributed by atoms with Crippen molar-refractivity contribution in [3.05, 3.63) is 12.4 Å². The van der Waals surface area contributed by atoms with E-state index in [0.29, 0.717) is 0 Å². The summed E-state index contributed by atoms with van der Waals surface area (Å²) < 4.78 is 59.2. The molecule has 1 aliphatic rings. The van der Waals surface area contributed by atoms with Crippen molar-refractivity contribution in [2.45, 2.75) is 23.7 Å². The Morgan fingerprint density at radius 2 is 2.10 bits per heavy atom. The van der Waals surface area contributed by atoms with Gasteiger partial charge in [-0.3, -0.25) is 9.48 Å². The SMILES string of the molecule is Cn1cc(S(=O)(=O)NC(=O)C(F)(F)C2CCOCC2)cn1. The van der Waals surface area contributed by atoms with Crippen LogP contribution in [0.2, 0.25) is 0 Å². The molecule has 1 aromatic heterocycles. The molecule has 1 aromatic rings. The highest BCUT2D eigenvalue weighted by Gasteiger charge is 2.48. The van der Waals surface area contributed by atoms with Crippen molar-refractivity contribution in [3.63, 3.8) is 0 Å². The maximum Gasteiger partial charge on any atom is 0.328 e. The lowest BCUT2D eigenvalue weighted by atomic mass is 9.92. The number of carbonyl (C=O) groups is 1. The van der Waals surface area contributed by atoms with E-state index in [1.807, 2.05) is 0 Å². The number of rotatable bonds is 4. The second kappa shape index (κ2) is 5.68. The molecule has 0 radical (unpaired) electrons. The number of nitrogens with one attached hydrogen (secondary N) is 1. The average molecular weight is 323 g/mol. The minimum absolute atomic E-state index is 0.00730. The van der Waals surface area contributed by atoms with Gasteiger partial charge in [0.15, 0.2) is 0 Å². The largest absolute Gasteiger partial charge is 0.381 e. The van der Waals surface area contributed by atoms with Crippen LogP contribution in [0.3, 0.4) is 0 Å². The molecule has 0 bridgehead atoms. The van der Waals surface area contributed by atoms with E-state index >= 15 is 0 Å². The highest BCUT2D eigenvalue weighted by Crippen LogP contribution is 2.33. The molecule has 0 aliphatic carbocycles. The number of aromatic nitrogens is 2. The lowest BCUT2D eigenvalue weighted by molar-refractivity contribution is -0.157. The Kier molecular flexibility index (Phi) is 4.28. The minimum Gasteiger partial charge on any atom is -0.381 e. The van der Waals surface area contributed by atoms with Crippen molar-refractivity contribution in [1.82, 2.24) is 14.5 Å². The number of amides is 1. The van der Waals surface area contributed by atoms with Crippen LogP contribution in [-0.2, 0) is 26.6 Å². The first-order valence-corrected chi connectivity index (χ1v) is 7.73. The summed E-state index contributed by atoms with van der Waals surface area (Å²) in [5.74, 6) is -6.81. The van der Waals surface area contributed by atoms with Gasteiger partial charge in [-0.25, -0.2) is 13.1 Å². The molecule has 0 atom stereocenters. The Balaban J connectivity index is 2.12. The molecule has 21 heavy (non-hydrogen) atoms. The van der Waals surface area contributed by atoms with Crippen LogP contribution in [-0.4, -0.2) is 43.2 Å². The molecule has 1 saturated heterocycles. The number of alkyl halides is 2. The Bertz CT molecular complexity index is 623. The quantitative estimate of drug-likeness (QED) is 0.860. The third-order valence-corrected chi connectivity index (χ3v) is 4.54. The van der Waals surface area contributed by atoms with Gasteiger partial charge in [-0.15, -0.1) is 0 Å². The first-order valence-electron chi connectivity index (χ1n) is 6.25. The predicted molar refractivity (Wildman–Crippen MR) is 67.0 cm³/mol. The number of sulfonamides is 1. The van der Waals surface area contributed by atoms with E-state index < -0.39 is 27.8 Å². The van der Waals surface area contributed by atoms with Crippen molar-refractivity contribution in [1.29, 1.82) is 0 Å². The number of halogens is 2. The van der Waals surface area contributed by atoms with E-state index in [9.17, 15) is 22.0 Å². The summed E-state index contributed by atoms with van der Waals surface area (Å²) in [7, 11) is -2.88. The second-order valence-corrected chi connectivity index (χ2v) is 6.48. The van der Waals surface area contributed by atoms with Gasteiger partial charge in [-0.2, -0.15) is 13.9 Å². The fourth-order valence-corrected chi connectivity index (χ4v) is 3.01. The normalized spacial score (nSPS) is 17.7. The zero-order chi connectivity index (χ0) is 15.7. The van der Waals surface area contributed by atoms with Gasteiger partial charge in [-0.05, 0) is 12.8 Å². The summed E-state index contributed by atoms with van der Waals surface area (Å²) in [5, 5.41) is 3.62. The van der Waals surface area contributed by atoms with Crippen LogP contribution >= 0.6 is 0 Å².